The van der Waals surface area contributed by atoms with E-state index in [1.54, 1.807) is 6.07 Å². The zero-order valence-electron chi connectivity index (χ0n) is 25.7. The van der Waals surface area contributed by atoms with Gasteiger partial charge in [0.05, 0.1) is 0 Å². The van der Waals surface area contributed by atoms with E-state index in [1.807, 2.05) is 6.07 Å². The fourth-order valence-electron chi connectivity index (χ4n) is 9.91. The molecule has 0 aliphatic heterocycles. The Morgan fingerprint density at radius 1 is 0.857 bits per heavy atom. The number of hydrogen-bond donors (Lipinski definition) is 3. The van der Waals surface area contributed by atoms with Gasteiger partial charge in [0.1, 0.15) is 18.1 Å². The Morgan fingerprint density at radius 2 is 1.38 bits per heavy atom. The van der Waals surface area contributed by atoms with Gasteiger partial charge in [-0.3, -0.25) is 14.9 Å². The van der Waals surface area contributed by atoms with Crippen LogP contribution in [-0.4, -0.2) is 30.1 Å². The third-order valence-corrected chi connectivity index (χ3v) is 12.3. The minimum absolute atomic E-state index is 0.01000. The van der Waals surface area contributed by atoms with Crippen LogP contribution >= 0.6 is 0 Å². The quantitative estimate of drug-likeness (QED) is 0.393. The summed E-state index contributed by atoms with van der Waals surface area (Å²) in [6.45, 7) is 10.1. The first-order valence-electron chi connectivity index (χ1n) is 16.2. The maximum Gasteiger partial charge on any atom is 0.229 e. The summed E-state index contributed by atoms with van der Waals surface area (Å²) < 4.78 is 5.87. The topological polar surface area (TPSA) is 102 Å². The van der Waals surface area contributed by atoms with Crippen molar-refractivity contribution in [3.05, 3.63) is 58.7 Å². The monoisotopic (exact) mass is 572 g/mol. The molecule has 2 amide bonds. The largest absolute Gasteiger partial charge is 0.508 e. The molecule has 0 spiro atoms. The summed E-state index contributed by atoms with van der Waals surface area (Å²) >= 11 is 0. The lowest BCUT2D eigenvalue weighted by Gasteiger charge is -2.52. The molecular weight excluding hydrogens is 524 g/mol. The lowest BCUT2D eigenvalue weighted by molar-refractivity contribution is -0.140. The Hall–Kier alpha value is -2.86. The van der Waals surface area contributed by atoms with Gasteiger partial charge in [0.2, 0.25) is 11.8 Å². The van der Waals surface area contributed by atoms with E-state index in [0.29, 0.717) is 30.7 Å². The van der Waals surface area contributed by atoms with Crippen LogP contribution in [0.2, 0.25) is 0 Å². The van der Waals surface area contributed by atoms with Crippen molar-refractivity contribution in [2.45, 2.75) is 89.9 Å². The normalized spacial score (nSPS) is 35.2. The summed E-state index contributed by atoms with van der Waals surface area (Å²) in [4.78, 5) is 27.4. The average Bonchev–Trinajstić information content (AvgIpc) is 2.96. The lowest BCUT2D eigenvalue weighted by Crippen LogP contribution is -2.53. The van der Waals surface area contributed by atoms with Gasteiger partial charge in [0, 0.05) is 18.4 Å². The van der Waals surface area contributed by atoms with E-state index in [9.17, 15) is 14.7 Å². The maximum absolute atomic E-state index is 13.7. The number of fused-ring (bicyclic) bond motifs is 6. The Labute approximate surface area is 250 Å². The van der Waals surface area contributed by atoms with Gasteiger partial charge in [-0.15, -0.1) is 0 Å². The second-order valence-corrected chi connectivity index (χ2v) is 14.3. The van der Waals surface area contributed by atoms with Crippen molar-refractivity contribution < 1.29 is 19.4 Å². The van der Waals surface area contributed by atoms with E-state index >= 15 is 0 Å². The van der Waals surface area contributed by atoms with Crippen molar-refractivity contribution in [2.75, 3.05) is 13.2 Å². The number of nitrogens with two attached hydrogens (primary N) is 1. The molecule has 0 radical (unpaired) electrons. The van der Waals surface area contributed by atoms with Crippen molar-refractivity contribution in [1.82, 2.24) is 5.32 Å². The minimum Gasteiger partial charge on any atom is -0.508 e. The molecule has 2 fully saturated rings. The van der Waals surface area contributed by atoms with E-state index in [0.717, 1.165) is 57.1 Å². The fourth-order valence-corrected chi connectivity index (χ4v) is 9.91. The highest BCUT2D eigenvalue weighted by molar-refractivity contribution is 5.97. The Morgan fingerprint density at radius 3 is 1.93 bits per heavy atom. The predicted octanol–water partition coefficient (Wildman–Crippen LogP) is 5.81. The number of carbonyl (C=O) groups excluding carboxylic acids is 2. The number of benzene rings is 2. The number of nitrogens with one attached hydrogen (secondary N) is 1. The number of aryl methyl sites for hydroxylation is 2. The Balaban J connectivity index is 1.14. The van der Waals surface area contributed by atoms with Gasteiger partial charge in [-0.05, 0) is 132 Å². The van der Waals surface area contributed by atoms with Gasteiger partial charge in [-0.25, -0.2) is 0 Å². The van der Waals surface area contributed by atoms with Crippen LogP contribution in [0.4, 0.5) is 0 Å². The fraction of sp³-hybridized carbons (Fsp3) is 0.611. The van der Waals surface area contributed by atoms with Gasteiger partial charge < -0.3 is 15.6 Å². The van der Waals surface area contributed by atoms with Crippen LogP contribution in [0.15, 0.2) is 36.4 Å². The number of phenolic OH excluding ortho intramolecular Hbond substituents is 1. The first-order chi connectivity index (χ1) is 20.1. The first kappa shape index (κ1) is 29.2. The molecule has 0 unspecified atom stereocenters. The molecule has 42 heavy (non-hydrogen) atoms. The molecule has 4 aliphatic carbocycles. The number of amides is 2. The highest BCUT2D eigenvalue weighted by atomic mass is 16.5. The van der Waals surface area contributed by atoms with Crippen LogP contribution in [0, 0.1) is 35.5 Å². The van der Waals surface area contributed by atoms with Gasteiger partial charge in [0.25, 0.3) is 0 Å². The zero-order chi connectivity index (χ0) is 29.8. The summed E-state index contributed by atoms with van der Waals surface area (Å²) in [6, 6.07) is 12.2. The SMILES string of the molecule is C[C@@H]1[C@@H](C(=O)NC(=O)[C@H]2CC[C@]3(C)c4cc(OCCN)ccc4CC[C@H]3[C@@H]2C)CC[C@]2(C)c3cc(O)ccc3CC[C@@H]12. The molecule has 6 nitrogen and oxygen atoms in total. The lowest BCUT2D eigenvalue weighted by atomic mass is 9.52. The molecular formula is C36H48N2O4. The first-order valence-corrected chi connectivity index (χ1v) is 16.2. The number of ether oxygens (including phenoxy) is 1. The third kappa shape index (κ3) is 4.74. The van der Waals surface area contributed by atoms with E-state index in [-0.39, 0.29) is 46.3 Å². The summed E-state index contributed by atoms with van der Waals surface area (Å²) in [6.07, 6.45) is 7.42. The highest BCUT2D eigenvalue weighted by Crippen LogP contribution is 2.56. The Bertz CT molecular complexity index is 1370. The van der Waals surface area contributed by atoms with Crippen molar-refractivity contribution >= 4 is 11.8 Å². The number of rotatable bonds is 5. The van der Waals surface area contributed by atoms with E-state index in [1.165, 1.54) is 22.3 Å². The number of phenols is 1. The second kappa shape index (κ2) is 11.0. The number of imide groups is 1. The molecule has 4 aliphatic rings. The number of carbonyl (C=O) groups is 2. The summed E-state index contributed by atoms with van der Waals surface area (Å²) in [5, 5.41) is 13.1. The summed E-state index contributed by atoms with van der Waals surface area (Å²) in [5.41, 5.74) is 10.9. The molecule has 0 saturated heterocycles. The zero-order valence-corrected chi connectivity index (χ0v) is 25.7. The molecule has 4 N–H and O–H groups in total. The van der Waals surface area contributed by atoms with Crippen molar-refractivity contribution in [3.63, 3.8) is 0 Å². The second-order valence-electron chi connectivity index (χ2n) is 14.3. The number of aromatic hydroxyl groups is 1. The average molecular weight is 573 g/mol. The minimum atomic E-state index is -0.163. The van der Waals surface area contributed by atoms with Gasteiger partial charge in [-0.2, -0.15) is 0 Å². The van der Waals surface area contributed by atoms with Gasteiger partial charge >= 0.3 is 0 Å². The van der Waals surface area contributed by atoms with Crippen molar-refractivity contribution in [3.8, 4) is 11.5 Å². The third-order valence-electron chi connectivity index (χ3n) is 12.3. The predicted molar refractivity (Wildman–Crippen MR) is 164 cm³/mol. The molecule has 2 aromatic rings. The molecule has 6 heteroatoms. The standard InChI is InChI=1S/C36H48N2O4/c1-21-27(13-15-35(3)29(21)11-7-23-5-9-25(39)19-31(23)35)33(40)38-34(41)28-14-16-36(4)30(22(28)2)12-8-24-6-10-26(20-32(24)36)42-18-17-37/h5-6,9-10,19-22,27-30,39H,7-8,11-18,37H2,1-4H3,(H,38,40,41)/t21-,22-,27+,28+,29+,30+,35+,36+/m1/s1. The molecule has 0 aromatic heterocycles. The Kier molecular flexibility index (Phi) is 7.66. The van der Waals surface area contributed by atoms with Crippen molar-refractivity contribution in [2.24, 2.45) is 41.2 Å². The summed E-state index contributed by atoms with van der Waals surface area (Å²) in [5.74, 6) is 1.78. The van der Waals surface area contributed by atoms with Gasteiger partial charge in [0.15, 0.2) is 0 Å². The van der Waals surface area contributed by atoms with E-state index < -0.39 is 0 Å². The van der Waals surface area contributed by atoms with Crippen molar-refractivity contribution in [1.29, 1.82) is 0 Å². The van der Waals surface area contributed by atoms with Crippen LogP contribution < -0.4 is 15.8 Å². The molecule has 6 rings (SSSR count). The molecule has 0 bridgehead atoms. The molecule has 226 valence electrons. The van der Waals surface area contributed by atoms with Crippen LogP contribution in [-0.2, 0) is 33.3 Å². The molecule has 2 saturated carbocycles. The maximum atomic E-state index is 13.7. The smallest absolute Gasteiger partial charge is 0.229 e. The van der Waals surface area contributed by atoms with Crippen LogP contribution in [0.1, 0.15) is 88.5 Å². The van der Waals surface area contributed by atoms with Crippen LogP contribution in [0.5, 0.6) is 11.5 Å². The number of hydrogen-bond acceptors (Lipinski definition) is 5. The summed E-state index contributed by atoms with van der Waals surface area (Å²) in [7, 11) is 0. The van der Waals surface area contributed by atoms with Crippen LogP contribution in [0.3, 0.4) is 0 Å². The molecule has 2 aromatic carbocycles. The molecule has 0 heterocycles. The molecule has 8 atom stereocenters. The van der Waals surface area contributed by atoms with Gasteiger partial charge in [-0.1, -0.05) is 39.8 Å². The van der Waals surface area contributed by atoms with Crippen LogP contribution in [0.25, 0.3) is 0 Å². The van der Waals surface area contributed by atoms with E-state index in [2.05, 4.69) is 57.3 Å². The van der Waals surface area contributed by atoms with E-state index in [4.69, 9.17) is 10.5 Å². The highest BCUT2D eigenvalue weighted by Gasteiger charge is 2.52.